The lowest BCUT2D eigenvalue weighted by atomic mass is 10.2. The average Bonchev–Trinajstić information content (AvgIpc) is 3.06. The summed E-state index contributed by atoms with van der Waals surface area (Å²) in [5.74, 6) is -1.13. The Labute approximate surface area is 252 Å². The molecule has 0 heterocycles. The van der Waals surface area contributed by atoms with Gasteiger partial charge < -0.3 is 19.3 Å². The van der Waals surface area contributed by atoms with Crippen molar-refractivity contribution in [2.45, 2.75) is 6.92 Å². The molecule has 0 radical (unpaired) electrons. The highest BCUT2D eigenvalue weighted by molar-refractivity contribution is 5.93. The van der Waals surface area contributed by atoms with Gasteiger partial charge in [-0.2, -0.15) is 0 Å². The first-order chi connectivity index (χ1) is 21.0. The van der Waals surface area contributed by atoms with Crippen LogP contribution in [0.3, 0.4) is 0 Å². The molecule has 4 rings (SSSR count). The zero-order valence-corrected chi connectivity index (χ0v) is 24.2. The summed E-state index contributed by atoms with van der Waals surface area (Å²) in [5.41, 5.74) is 1.49. The minimum absolute atomic E-state index is 0.0324. The topological polar surface area (TPSA) is 185 Å². The molecule has 0 amide bonds. The molecule has 44 heavy (non-hydrogen) atoms. The number of para-hydroxylation sites is 2. The molecular weight excluding hydrogens is 576 g/mol. The number of benzene rings is 4. The van der Waals surface area contributed by atoms with E-state index in [0.717, 1.165) is 5.56 Å². The summed E-state index contributed by atoms with van der Waals surface area (Å²) in [5, 5.41) is 29.6. The molecule has 13 nitrogen and oxygen atoms in total. The SMILES string of the molecule is COC(=O)c1ccc([N+](=O)[O-])cc1.COC(=O)c1ccccc1.COC(=O)c1ccccc1[N+](=O)[O-].Cc1ccccc1O. The maximum Gasteiger partial charge on any atom is 0.344 e. The van der Waals surface area contributed by atoms with Crippen molar-refractivity contribution >= 4 is 29.3 Å². The number of nitro groups is 2. The van der Waals surface area contributed by atoms with Gasteiger partial charge in [0.1, 0.15) is 11.3 Å². The van der Waals surface area contributed by atoms with E-state index in [4.69, 9.17) is 5.11 Å². The summed E-state index contributed by atoms with van der Waals surface area (Å²) in [4.78, 5) is 52.2. The molecule has 0 unspecified atom stereocenters. The van der Waals surface area contributed by atoms with Crippen LogP contribution in [0.5, 0.6) is 5.75 Å². The first kappa shape index (κ1) is 35.9. The van der Waals surface area contributed by atoms with Crippen LogP contribution in [0, 0.1) is 27.2 Å². The molecule has 4 aromatic carbocycles. The number of hydrogen-bond acceptors (Lipinski definition) is 11. The molecule has 0 spiro atoms. The van der Waals surface area contributed by atoms with Crippen molar-refractivity contribution in [3.8, 4) is 5.75 Å². The molecule has 0 aliphatic heterocycles. The van der Waals surface area contributed by atoms with E-state index in [0.29, 0.717) is 16.9 Å². The van der Waals surface area contributed by atoms with E-state index in [1.807, 2.05) is 31.2 Å². The summed E-state index contributed by atoms with van der Waals surface area (Å²) >= 11 is 0. The first-order valence-corrected chi connectivity index (χ1v) is 12.5. The smallest absolute Gasteiger partial charge is 0.344 e. The van der Waals surface area contributed by atoms with Gasteiger partial charge in [0, 0.05) is 18.2 Å². The first-order valence-electron chi connectivity index (χ1n) is 12.5. The molecule has 13 heteroatoms. The molecule has 4 aromatic rings. The summed E-state index contributed by atoms with van der Waals surface area (Å²) in [6.45, 7) is 1.87. The zero-order chi connectivity index (χ0) is 33.1. The highest BCUT2D eigenvalue weighted by atomic mass is 16.6. The average molecular weight is 607 g/mol. The Morgan fingerprint density at radius 3 is 1.48 bits per heavy atom. The van der Waals surface area contributed by atoms with E-state index in [1.165, 1.54) is 63.8 Å². The van der Waals surface area contributed by atoms with Crippen molar-refractivity contribution in [2.75, 3.05) is 21.3 Å². The zero-order valence-electron chi connectivity index (χ0n) is 24.2. The Morgan fingerprint density at radius 1 is 0.591 bits per heavy atom. The number of methoxy groups -OCH3 is 3. The number of aryl methyl sites for hydroxylation is 1. The van der Waals surface area contributed by atoms with Crippen LogP contribution in [-0.2, 0) is 14.2 Å². The molecule has 0 atom stereocenters. The van der Waals surface area contributed by atoms with Crippen LogP contribution in [-0.4, -0.2) is 54.2 Å². The van der Waals surface area contributed by atoms with Crippen molar-refractivity contribution in [3.05, 3.63) is 146 Å². The molecule has 1 N–H and O–H groups in total. The van der Waals surface area contributed by atoms with Crippen LogP contribution in [0.25, 0.3) is 0 Å². The van der Waals surface area contributed by atoms with Crippen LogP contribution in [0.2, 0.25) is 0 Å². The normalized spacial score (nSPS) is 9.18. The van der Waals surface area contributed by atoms with Gasteiger partial charge in [-0.15, -0.1) is 0 Å². The van der Waals surface area contributed by atoms with E-state index < -0.39 is 21.8 Å². The summed E-state index contributed by atoms with van der Waals surface area (Å²) < 4.78 is 13.3. The van der Waals surface area contributed by atoms with Crippen molar-refractivity contribution in [1.29, 1.82) is 0 Å². The maximum atomic E-state index is 11.0. The quantitative estimate of drug-likeness (QED) is 0.123. The minimum Gasteiger partial charge on any atom is -0.508 e. The molecule has 0 aliphatic carbocycles. The number of phenolic OH excluding ortho intramolecular Hbond substituents is 1. The summed E-state index contributed by atoms with van der Waals surface area (Å²) in [6, 6.07) is 27.0. The number of ether oxygens (including phenoxy) is 3. The van der Waals surface area contributed by atoms with Gasteiger partial charge in [-0.25, -0.2) is 14.4 Å². The molecule has 230 valence electrons. The number of rotatable bonds is 5. The van der Waals surface area contributed by atoms with E-state index >= 15 is 0 Å². The van der Waals surface area contributed by atoms with Gasteiger partial charge in [0.25, 0.3) is 11.4 Å². The third-order valence-electron chi connectivity index (χ3n) is 5.32. The number of aromatic hydroxyl groups is 1. The van der Waals surface area contributed by atoms with Gasteiger partial charge in [-0.1, -0.05) is 48.5 Å². The molecule has 0 saturated heterocycles. The van der Waals surface area contributed by atoms with Crippen molar-refractivity contribution in [2.24, 2.45) is 0 Å². The van der Waals surface area contributed by atoms with Crippen molar-refractivity contribution in [1.82, 2.24) is 0 Å². The second kappa shape index (κ2) is 19.1. The Balaban J connectivity index is 0.000000298. The van der Waals surface area contributed by atoms with E-state index in [9.17, 15) is 34.6 Å². The van der Waals surface area contributed by atoms with E-state index in [-0.39, 0.29) is 22.9 Å². The Morgan fingerprint density at radius 2 is 1.05 bits per heavy atom. The fraction of sp³-hybridized carbons (Fsp3) is 0.129. The molecule has 0 aliphatic rings. The number of esters is 3. The standard InChI is InChI=1S/2C8H7NO4.C8H8O2.C7H8O/c1-13-8(10)6-2-4-7(5-3-6)9(11)12;1-13-8(10)6-4-2-3-5-7(6)9(11)12;1-10-8(9)7-5-3-2-4-6-7;1-6-4-2-3-5-7(6)8/h2*2-5H,1H3;2-6H,1H3;2-5,8H,1H3. The Bertz CT molecular complexity index is 1520. The number of carbonyl (C=O) groups is 3. The number of nitrogens with zero attached hydrogens (tertiary/aromatic N) is 2. The summed E-state index contributed by atoms with van der Waals surface area (Å²) in [6.07, 6.45) is 0. The highest BCUT2D eigenvalue weighted by Gasteiger charge is 2.19. The Hall–Kier alpha value is -6.11. The van der Waals surface area contributed by atoms with Gasteiger partial charge in [0.05, 0.1) is 42.3 Å². The molecule has 0 saturated carbocycles. The van der Waals surface area contributed by atoms with Gasteiger partial charge in [0.2, 0.25) is 0 Å². The van der Waals surface area contributed by atoms with Gasteiger partial charge >= 0.3 is 17.9 Å². The number of non-ortho nitro benzene ring substituents is 1. The number of carbonyl (C=O) groups excluding carboxylic acids is 3. The van der Waals surface area contributed by atoms with Crippen LogP contribution in [0.4, 0.5) is 11.4 Å². The van der Waals surface area contributed by atoms with Gasteiger partial charge in [-0.3, -0.25) is 20.2 Å². The van der Waals surface area contributed by atoms with Crippen LogP contribution in [0.1, 0.15) is 36.6 Å². The third kappa shape index (κ3) is 12.2. The predicted molar refractivity (Wildman–Crippen MR) is 159 cm³/mol. The Kier molecular flexibility index (Phi) is 15.6. The lowest BCUT2D eigenvalue weighted by Crippen LogP contribution is -2.04. The van der Waals surface area contributed by atoms with Crippen LogP contribution >= 0.6 is 0 Å². The van der Waals surface area contributed by atoms with E-state index in [2.05, 4.69) is 14.2 Å². The number of hydrogen-bond donors (Lipinski definition) is 1. The number of phenols is 1. The second-order valence-electron chi connectivity index (χ2n) is 8.21. The fourth-order valence-corrected chi connectivity index (χ4v) is 3.01. The number of nitro benzene ring substituents is 2. The highest BCUT2D eigenvalue weighted by Crippen LogP contribution is 2.18. The molecular formula is C31H30N2O11. The fourth-order valence-electron chi connectivity index (χ4n) is 3.01. The lowest BCUT2D eigenvalue weighted by Gasteiger charge is -1.99. The lowest BCUT2D eigenvalue weighted by molar-refractivity contribution is -0.385. The monoisotopic (exact) mass is 606 g/mol. The second-order valence-corrected chi connectivity index (χ2v) is 8.21. The van der Waals surface area contributed by atoms with Gasteiger partial charge in [-0.05, 0) is 48.9 Å². The van der Waals surface area contributed by atoms with E-state index in [1.54, 1.807) is 36.4 Å². The van der Waals surface area contributed by atoms with Crippen LogP contribution < -0.4 is 0 Å². The van der Waals surface area contributed by atoms with Gasteiger partial charge in [0.15, 0.2) is 0 Å². The molecule has 0 bridgehead atoms. The molecule has 0 fully saturated rings. The largest absolute Gasteiger partial charge is 0.508 e. The molecule has 0 aromatic heterocycles. The maximum absolute atomic E-state index is 11.0. The van der Waals surface area contributed by atoms with Crippen LogP contribution in [0.15, 0.2) is 103 Å². The van der Waals surface area contributed by atoms with Crippen molar-refractivity contribution in [3.63, 3.8) is 0 Å². The predicted octanol–water partition coefficient (Wildman–Crippen LogP) is 5.94. The summed E-state index contributed by atoms with van der Waals surface area (Å²) in [7, 11) is 3.80. The minimum atomic E-state index is -0.702. The third-order valence-corrected chi connectivity index (χ3v) is 5.32. The van der Waals surface area contributed by atoms with Crippen molar-refractivity contribution < 1.29 is 43.5 Å².